The molecule has 0 unspecified atom stereocenters. The lowest BCUT2D eigenvalue weighted by molar-refractivity contribution is -2.00. The minimum atomic E-state index is -4.94. The smallest absolute Gasteiger partial charge is 0.303 e. The van der Waals surface area contributed by atoms with Crippen LogP contribution in [0.4, 0.5) is 5.69 Å². The van der Waals surface area contributed by atoms with Gasteiger partial charge in [0.1, 0.15) is 50.3 Å². The molecule has 1 aromatic carbocycles. The summed E-state index contributed by atoms with van der Waals surface area (Å²) in [4.78, 5) is 55.6. The molecule has 5 atom stereocenters. The van der Waals surface area contributed by atoms with E-state index in [1.165, 1.54) is 31.1 Å². The van der Waals surface area contributed by atoms with Gasteiger partial charge in [0.05, 0.1) is 12.3 Å². The molecule has 58 heavy (non-hydrogen) atoms. The highest BCUT2D eigenvalue weighted by Crippen LogP contribution is 2.37. The quantitative estimate of drug-likeness (QED) is 0.0698. The number of rotatable bonds is 10. The molecule has 4 aliphatic rings. The van der Waals surface area contributed by atoms with Gasteiger partial charge in [0.25, 0.3) is 0 Å². The Morgan fingerprint density at radius 1 is 0.862 bits per heavy atom. The maximum Gasteiger partial charge on any atom is 0.303 e. The van der Waals surface area contributed by atoms with Gasteiger partial charge in [-0.05, 0) is 25.3 Å². The van der Waals surface area contributed by atoms with Crippen LogP contribution in [-0.4, -0.2) is 102 Å². The lowest BCUT2D eigenvalue weighted by atomic mass is 9.97. The summed E-state index contributed by atoms with van der Waals surface area (Å²) in [6, 6.07) is 9.74. The molecule has 2 fully saturated rings. The van der Waals surface area contributed by atoms with E-state index in [2.05, 4.69) is 15.2 Å². The van der Waals surface area contributed by atoms with Gasteiger partial charge in [-0.15, -0.1) is 15.3 Å². The second kappa shape index (κ2) is 18.9. The number of ether oxygens (including phenoxy) is 6. The fourth-order valence-corrected chi connectivity index (χ4v) is 6.47. The second-order valence-electron chi connectivity index (χ2n) is 13.5. The number of aromatic nitrogens is 4. The van der Waals surface area contributed by atoms with Gasteiger partial charge in [0, 0.05) is 64.7 Å². The molecule has 1 aliphatic carbocycles. The van der Waals surface area contributed by atoms with Gasteiger partial charge < -0.3 is 37.7 Å². The summed E-state index contributed by atoms with van der Waals surface area (Å²) in [6.45, 7) is 6.06. The highest BCUT2D eigenvalue weighted by Gasteiger charge is 2.53. The van der Waals surface area contributed by atoms with E-state index in [9.17, 15) is 19.2 Å². The molecule has 0 amide bonds. The van der Waals surface area contributed by atoms with Crippen molar-refractivity contribution in [3.8, 4) is 17.2 Å². The Kier molecular flexibility index (Phi) is 14.2. The van der Waals surface area contributed by atoms with Gasteiger partial charge in [-0.25, -0.2) is 32.9 Å². The zero-order chi connectivity index (χ0) is 42.3. The minimum absolute atomic E-state index is 0.0525. The van der Waals surface area contributed by atoms with Gasteiger partial charge >= 0.3 is 23.9 Å². The van der Waals surface area contributed by atoms with E-state index in [1.807, 2.05) is 49.0 Å². The first-order valence-electron chi connectivity index (χ1n) is 18.0. The Morgan fingerprint density at radius 2 is 1.50 bits per heavy atom. The number of fused-ring (bicyclic) bond motifs is 2. The largest absolute Gasteiger partial charge is 0.485 e. The molecule has 2 aromatic rings. The lowest BCUT2D eigenvalue weighted by Gasteiger charge is -2.44. The average Bonchev–Trinajstić information content (AvgIpc) is 3.61. The van der Waals surface area contributed by atoms with Gasteiger partial charge in [-0.3, -0.25) is 19.2 Å². The topological polar surface area (TPSA) is 279 Å². The summed E-state index contributed by atoms with van der Waals surface area (Å²) in [7, 11) is -1.02. The summed E-state index contributed by atoms with van der Waals surface area (Å²) in [5.41, 5.74) is 3.06. The van der Waals surface area contributed by atoms with Crippen molar-refractivity contribution >= 4 is 40.7 Å². The SMILES string of the molecule is CC(=O)OC[C@H]1O[C@@H](n2cc(COc3cc(N4CCCCC4)cc4oc5cc(=[N+](C)C)ccc-5nc34)nn2)[C@H](OC(C)=O)[C@@H](OC(C)=O)[C@@H]1OC(C)=O.[O-][Cl+3]([O-])([O-])[O-]. The van der Waals surface area contributed by atoms with E-state index in [-0.39, 0.29) is 13.2 Å². The van der Waals surface area contributed by atoms with Crippen molar-refractivity contribution in [3.05, 3.63) is 47.6 Å². The van der Waals surface area contributed by atoms with Crippen LogP contribution in [0.25, 0.3) is 22.6 Å². The number of carbonyl (C=O) groups excluding carboxylic acids is 4. The molecule has 4 heterocycles. The number of piperidine rings is 1. The number of esters is 4. The molecule has 0 saturated carbocycles. The maximum atomic E-state index is 12.3. The van der Waals surface area contributed by atoms with Crippen LogP contribution in [0.1, 0.15) is 58.9 Å². The number of carbonyl (C=O) groups is 4. The second-order valence-corrected chi connectivity index (χ2v) is 14.3. The summed E-state index contributed by atoms with van der Waals surface area (Å²) < 4.78 is 78.0. The first-order chi connectivity index (χ1) is 27.4. The molecule has 3 aliphatic heterocycles. The molecule has 0 N–H and O–H groups in total. The van der Waals surface area contributed by atoms with Crippen LogP contribution >= 0.6 is 0 Å². The van der Waals surface area contributed by atoms with Crippen LogP contribution < -0.4 is 38.2 Å². The average molecular weight is 835 g/mol. The van der Waals surface area contributed by atoms with E-state index < -0.39 is 64.8 Å². The summed E-state index contributed by atoms with van der Waals surface area (Å²) in [5.74, 6) is -1.70. The molecule has 0 radical (unpaired) electrons. The number of hydrogen-bond acceptors (Lipinski definition) is 19. The Hall–Kier alpha value is -5.45. The molecule has 314 valence electrons. The number of nitrogens with zero attached hydrogens (tertiary/aromatic N) is 6. The van der Waals surface area contributed by atoms with Crippen LogP contribution in [-0.2, 0) is 49.5 Å². The molecule has 0 spiro atoms. The Morgan fingerprint density at radius 3 is 2.12 bits per heavy atom. The van der Waals surface area contributed by atoms with Crippen LogP contribution in [0.3, 0.4) is 0 Å². The molecule has 6 rings (SSSR count). The van der Waals surface area contributed by atoms with Crippen molar-refractivity contribution in [2.45, 2.75) is 84.2 Å². The number of hydrogen-bond donors (Lipinski definition) is 0. The molecule has 2 saturated heterocycles. The maximum absolute atomic E-state index is 12.3. The number of anilines is 1. The van der Waals surface area contributed by atoms with E-state index in [1.54, 1.807) is 0 Å². The van der Waals surface area contributed by atoms with Crippen LogP contribution in [0.5, 0.6) is 5.75 Å². The van der Waals surface area contributed by atoms with E-state index in [0.717, 1.165) is 50.8 Å². The number of benzene rings is 2. The third-order valence-electron chi connectivity index (χ3n) is 8.82. The monoisotopic (exact) mass is 834 g/mol. The molecule has 21 nitrogen and oxygen atoms in total. The standard InChI is InChI=1S/C36H43N6O11.ClHO4/c1-20(43)47-19-31-33(49-21(2)44)34(50-22(3)45)35(51-23(4)46)36(53-31)42-17-24(38-39-42)18-48-29-15-26(41-12-8-7-9-13-41)16-30-32(29)37-27-11-10-25(40(5)6)14-28(27)52-30;2-1(3,4)5/h10-11,14-17,31,33-36H,7-9,12-13,18-19H2,1-6H3;(H,2,3,4,5)/q+1;/p-1/t31-,33-,34+,35-,36-;/m1./s1. The zero-order valence-electron chi connectivity index (χ0n) is 32.5. The highest BCUT2D eigenvalue weighted by molar-refractivity contribution is 5.86. The summed E-state index contributed by atoms with van der Waals surface area (Å²) in [5, 5.41) is 9.47. The fraction of sp³-hybridized carbons (Fsp3) is 0.500. The molecule has 1 aromatic heterocycles. The molecular weight excluding hydrogens is 792 g/mol. The minimum Gasteiger partial charge on any atom is -0.485 e. The molecule has 0 bridgehead atoms. The zero-order valence-corrected chi connectivity index (χ0v) is 33.2. The van der Waals surface area contributed by atoms with Crippen molar-refractivity contribution < 1.29 is 80.9 Å². The Bertz CT molecular complexity index is 2140. The first kappa shape index (κ1) is 43.7. The predicted molar refractivity (Wildman–Crippen MR) is 185 cm³/mol. The molecular formula is C36H43ClN6O15. The van der Waals surface area contributed by atoms with Gasteiger partial charge in [-0.2, -0.15) is 0 Å². The van der Waals surface area contributed by atoms with Crippen molar-refractivity contribution in [2.24, 2.45) is 0 Å². The number of halogens is 1. The predicted octanol–water partition coefficient (Wildman–Crippen LogP) is -2.38. The summed E-state index contributed by atoms with van der Waals surface area (Å²) in [6.07, 6.45) is -1.54. The van der Waals surface area contributed by atoms with E-state index >= 15 is 0 Å². The van der Waals surface area contributed by atoms with Gasteiger partial charge in [-0.1, -0.05) is 5.21 Å². The fourth-order valence-electron chi connectivity index (χ4n) is 6.47. The van der Waals surface area contributed by atoms with E-state index in [0.29, 0.717) is 34.0 Å². The molecule has 22 heteroatoms. The Balaban J connectivity index is 0.00000121. The first-order valence-corrected chi connectivity index (χ1v) is 19.2. The Labute approximate surface area is 333 Å². The third kappa shape index (κ3) is 11.8. The van der Waals surface area contributed by atoms with Crippen molar-refractivity contribution in [1.82, 2.24) is 24.6 Å². The van der Waals surface area contributed by atoms with Crippen LogP contribution in [0, 0.1) is 10.2 Å². The van der Waals surface area contributed by atoms with Crippen molar-refractivity contribution in [3.63, 3.8) is 0 Å². The van der Waals surface area contributed by atoms with Crippen LogP contribution in [0.15, 0.2) is 40.9 Å². The van der Waals surface area contributed by atoms with Crippen molar-refractivity contribution in [1.29, 1.82) is 0 Å². The van der Waals surface area contributed by atoms with Crippen LogP contribution in [0.2, 0.25) is 0 Å². The summed E-state index contributed by atoms with van der Waals surface area (Å²) >= 11 is 0. The third-order valence-corrected chi connectivity index (χ3v) is 8.82. The van der Waals surface area contributed by atoms with Crippen molar-refractivity contribution in [2.75, 3.05) is 38.7 Å². The lowest BCUT2D eigenvalue weighted by Crippen LogP contribution is -2.68. The highest BCUT2D eigenvalue weighted by atomic mass is 35.7. The van der Waals surface area contributed by atoms with Gasteiger partial charge in [0.15, 0.2) is 41.6 Å². The normalized spacial score (nSPS) is 20.7. The van der Waals surface area contributed by atoms with E-state index in [4.69, 9.17) is 56.5 Å². The van der Waals surface area contributed by atoms with Gasteiger partial charge in [0.2, 0.25) is 5.36 Å².